The van der Waals surface area contributed by atoms with Crippen LogP contribution in [0, 0.1) is 0 Å². The number of hydrogen-bond acceptors (Lipinski definition) is 4. The molecule has 0 amide bonds. The van der Waals surface area contributed by atoms with Gasteiger partial charge in [-0.05, 0) is 38.1 Å². The van der Waals surface area contributed by atoms with Crippen LogP contribution in [0.3, 0.4) is 0 Å². The van der Waals surface area contributed by atoms with E-state index in [0.717, 1.165) is 11.4 Å². The number of rotatable bonds is 3. The maximum Gasteiger partial charge on any atom is 0.261 e. The molecule has 2 heterocycles. The zero-order valence-corrected chi connectivity index (χ0v) is 11.2. The third kappa shape index (κ3) is 2.16. The van der Waals surface area contributed by atoms with Gasteiger partial charge in [0.2, 0.25) is 0 Å². The summed E-state index contributed by atoms with van der Waals surface area (Å²) in [6.45, 7) is 3.95. The van der Waals surface area contributed by atoms with E-state index >= 15 is 0 Å². The van der Waals surface area contributed by atoms with Crippen LogP contribution >= 0.6 is 0 Å². The predicted octanol–water partition coefficient (Wildman–Crippen LogP) is 1.90. The van der Waals surface area contributed by atoms with Crippen LogP contribution in [0.5, 0.6) is 5.75 Å². The first-order valence-corrected chi connectivity index (χ1v) is 6.33. The lowest BCUT2D eigenvalue weighted by Crippen LogP contribution is -2.07. The number of fused-ring (bicyclic) bond motifs is 1. The molecule has 0 radical (unpaired) electrons. The number of hydrogen-bond donors (Lipinski definition) is 1. The molecule has 6 nitrogen and oxygen atoms in total. The Morgan fingerprint density at radius 3 is 2.70 bits per heavy atom. The summed E-state index contributed by atoms with van der Waals surface area (Å²) < 4.78 is 7.22. The number of nitrogens with one attached hydrogen (secondary N) is 1. The van der Waals surface area contributed by atoms with Crippen molar-refractivity contribution in [3.8, 4) is 11.4 Å². The van der Waals surface area contributed by atoms with Gasteiger partial charge >= 0.3 is 0 Å². The molecule has 3 aromatic rings. The monoisotopic (exact) mass is 270 g/mol. The van der Waals surface area contributed by atoms with Crippen molar-refractivity contribution in [2.24, 2.45) is 0 Å². The van der Waals surface area contributed by atoms with E-state index in [1.807, 2.05) is 38.1 Å². The fraction of sp³-hybridized carbons (Fsp3) is 0.214. The zero-order chi connectivity index (χ0) is 14.1. The van der Waals surface area contributed by atoms with Crippen LogP contribution in [0.2, 0.25) is 0 Å². The largest absolute Gasteiger partial charge is 0.491 e. The van der Waals surface area contributed by atoms with E-state index in [2.05, 4.69) is 15.1 Å². The van der Waals surface area contributed by atoms with Crippen LogP contribution in [-0.2, 0) is 0 Å². The molecule has 0 atom stereocenters. The topological polar surface area (TPSA) is 72.8 Å². The van der Waals surface area contributed by atoms with E-state index in [0.29, 0.717) is 11.0 Å². The van der Waals surface area contributed by atoms with Gasteiger partial charge in [0.15, 0.2) is 5.65 Å². The van der Waals surface area contributed by atoms with E-state index in [-0.39, 0.29) is 11.7 Å². The molecule has 0 fully saturated rings. The van der Waals surface area contributed by atoms with Crippen molar-refractivity contribution in [3.63, 3.8) is 0 Å². The van der Waals surface area contributed by atoms with Crippen LogP contribution < -0.4 is 10.3 Å². The lowest BCUT2D eigenvalue weighted by Gasteiger charge is -2.10. The van der Waals surface area contributed by atoms with Gasteiger partial charge in [-0.25, -0.2) is 9.67 Å². The SMILES string of the molecule is CC(C)Oc1ccc(-n2ncc3c(=O)[nH]cnc32)cc1. The highest BCUT2D eigenvalue weighted by Crippen LogP contribution is 2.18. The smallest absolute Gasteiger partial charge is 0.261 e. The lowest BCUT2D eigenvalue weighted by atomic mass is 10.3. The minimum atomic E-state index is -0.194. The van der Waals surface area contributed by atoms with Crippen molar-refractivity contribution in [3.05, 3.63) is 47.1 Å². The van der Waals surface area contributed by atoms with Crippen molar-refractivity contribution in [1.29, 1.82) is 0 Å². The zero-order valence-electron chi connectivity index (χ0n) is 11.2. The first-order valence-electron chi connectivity index (χ1n) is 6.33. The van der Waals surface area contributed by atoms with Gasteiger partial charge in [-0.15, -0.1) is 0 Å². The van der Waals surface area contributed by atoms with E-state index in [4.69, 9.17) is 4.74 Å². The number of aromatic amines is 1. The number of ether oxygens (including phenoxy) is 1. The maximum atomic E-state index is 11.6. The van der Waals surface area contributed by atoms with Crippen LogP contribution in [0.1, 0.15) is 13.8 Å². The first kappa shape index (κ1) is 12.4. The molecule has 102 valence electrons. The molecule has 1 aromatic carbocycles. The molecule has 0 aliphatic rings. The molecular formula is C14H14N4O2. The molecular weight excluding hydrogens is 256 g/mol. The second-order valence-electron chi connectivity index (χ2n) is 4.69. The fourth-order valence-corrected chi connectivity index (χ4v) is 1.98. The second kappa shape index (κ2) is 4.80. The molecule has 0 saturated heterocycles. The van der Waals surface area contributed by atoms with E-state index in [9.17, 15) is 4.79 Å². The van der Waals surface area contributed by atoms with Gasteiger partial charge in [-0.1, -0.05) is 0 Å². The van der Waals surface area contributed by atoms with Gasteiger partial charge in [-0.2, -0.15) is 5.10 Å². The lowest BCUT2D eigenvalue weighted by molar-refractivity contribution is 0.242. The third-order valence-electron chi connectivity index (χ3n) is 2.82. The summed E-state index contributed by atoms with van der Waals surface area (Å²) in [5, 5.41) is 4.68. The highest BCUT2D eigenvalue weighted by molar-refractivity contribution is 5.74. The molecule has 0 spiro atoms. The quantitative estimate of drug-likeness (QED) is 0.789. The molecule has 3 rings (SSSR count). The Balaban J connectivity index is 2.03. The molecule has 2 aromatic heterocycles. The number of H-pyrrole nitrogens is 1. The summed E-state index contributed by atoms with van der Waals surface area (Å²) in [7, 11) is 0. The molecule has 1 N–H and O–H groups in total. The molecule has 0 bridgehead atoms. The predicted molar refractivity (Wildman–Crippen MR) is 75.2 cm³/mol. The Labute approximate surface area is 115 Å². The Morgan fingerprint density at radius 1 is 1.25 bits per heavy atom. The van der Waals surface area contributed by atoms with Gasteiger partial charge in [0, 0.05) is 0 Å². The van der Waals surface area contributed by atoms with Crippen LogP contribution in [0.15, 0.2) is 41.6 Å². The van der Waals surface area contributed by atoms with Crippen LogP contribution in [0.25, 0.3) is 16.7 Å². The average molecular weight is 270 g/mol. The summed E-state index contributed by atoms with van der Waals surface area (Å²) in [6, 6.07) is 7.51. The minimum Gasteiger partial charge on any atom is -0.491 e. The van der Waals surface area contributed by atoms with Gasteiger partial charge in [0.1, 0.15) is 11.1 Å². The highest BCUT2D eigenvalue weighted by atomic mass is 16.5. The van der Waals surface area contributed by atoms with Crippen molar-refractivity contribution >= 4 is 11.0 Å². The first-order chi connectivity index (χ1) is 9.65. The highest BCUT2D eigenvalue weighted by Gasteiger charge is 2.08. The van der Waals surface area contributed by atoms with E-state index in [1.165, 1.54) is 12.5 Å². The van der Waals surface area contributed by atoms with Crippen molar-refractivity contribution in [1.82, 2.24) is 19.7 Å². The number of benzene rings is 1. The summed E-state index contributed by atoms with van der Waals surface area (Å²) in [4.78, 5) is 18.3. The van der Waals surface area contributed by atoms with Gasteiger partial charge < -0.3 is 9.72 Å². The molecule has 0 saturated carbocycles. The van der Waals surface area contributed by atoms with Gasteiger partial charge in [-0.3, -0.25) is 4.79 Å². The Bertz CT molecular complexity index is 787. The van der Waals surface area contributed by atoms with Crippen molar-refractivity contribution in [2.75, 3.05) is 0 Å². The Kier molecular flexibility index (Phi) is 2.98. The van der Waals surface area contributed by atoms with E-state index in [1.54, 1.807) is 4.68 Å². The summed E-state index contributed by atoms with van der Waals surface area (Å²) in [6.07, 6.45) is 3.02. The Morgan fingerprint density at radius 2 is 2.00 bits per heavy atom. The molecule has 0 unspecified atom stereocenters. The van der Waals surface area contributed by atoms with Crippen molar-refractivity contribution in [2.45, 2.75) is 20.0 Å². The van der Waals surface area contributed by atoms with Gasteiger partial charge in [0.05, 0.1) is 24.3 Å². The van der Waals surface area contributed by atoms with Gasteiger partial charge in [0.25, 0.3) is 5.56 Å². The molecule has 20 heavy (non-hydrogen) atoms. The molecule has 0 aliphatic carbocycles. The number of nitrogens with zero attached hydrogens (tertiary/aromatic N) is 3. The van der Waals surface area contributed by atoms with Crippen molar-refractivity contribution < 1.29 is 4.74 Å². The summed E-state index contributed by atoms with van der Waals surface area (Å²) in [5.74, 6) is 0.797. The Hall–Kier alpha value is -2.63. The standard InChI is InChI=1S/C14H14N4O2/c1-9(2)20-11-5-3-10(4-6-11)18-13-12(7-17-18)14(19)16-8-15-13/h3-9H,1-2H3,(H,15,16,19). The second-order valence-corrected chi connectivity index (χ2v) is 4.69. The van der Waals surface area contributed by atoms with Crippen LogP contribution in [0.4, 0.5) is 0 Å². The van der Waals surface area contributed by atoms with E-state index < -0.39 is 0 Å². The minimum absolute atomic E-state index is 0.131. The normalized spacial score (nSPS) is 11.2. The maximum absolute atomic E-state index is 11.6. The molecule has 0 aliphatic heterocycles. The fourth-order valence-electron chi connectivity index (χ4n) is 1.98. The average Bonchev–Trinajstić information content (AvgIpc) is 2.84. The van der Waals surface area contributed by atoms with Crippen LogP contribution in [-0.4, -0.2) is 25.9 Å². The summed E-state index contributed by atoms with van der Waals surface area (Å²) in [5.41, 5.74) is 1.17. The third-order valence-corrected chi connectivity index (χ3v) is 2.82. The molecule has 6 heteroatoms. The number of aromatic nitrogens is 4. The summed E-state index contributed by atoms with van der Waals surface area (Å²) >= 11 is 0.